The van der Waals surface area contributed by atoms with Gasteiger partial charge in [0.2, 0.25) is 5.91 Å². The van der Waals surface area contributed by atoms with Gasteiger partial charge in [0.25, 0.3) is 10.0 Å². The predicted molar refractivity (Wildman–Crippen MR) is 130 cm³/mol. The number of benzene rings is 3. The minimum atomic E-state index is -3.65. The van der Waals surface area contributed by atoms with Gasteiger partial charge in [-0.1, -0.05) is 17.7 Å². The first kappa shape index (κ1) is 23.7. The molecule has 32 heavy (non-hydrogen) atoms. The van der Waals surface area contributed by atoms with Gasteiger partial charge >= 0.3 is 0 Å². The summed E-state index contributed by atoms with van der Waals surface area (Å²) in [6.07, 6.45) is 0. The van der Waals surface area contributed by atoms with Gasteiger partial charge < -0.3 is 10.1 Å². The van der Waals surface area contributed by atoms with E-state index in [1.54, 1.807) is 60.7 Å². The molecule has 0 fully saturated rings. The molecule has 168 valence electrons. The maximum absolute atomic E-state index is 12.5. The minimum absolute atomic E-state index is 0.122. The number of rotatable bonds is 9. The number of carbonyl (C=O) groups excluding carboxylic acids is 1. The van der Waals surface area contributed by atoms with E-state index in [4.69, 9.17) is 4.74 Å². The highest BCUT2D eigenvalue weighted by molar-refractivity contribution is 8.00. The zero-order valence-electron chi connectivity index (χ0n) is 18.2. The average Bonchev–Trinajstić information content (AvgIpc) is 2.76. The van der Waals surface area contributed by atoms with Crippen LogP contribution in [-0.4, -0.2) is 26.2 Å². The van der Waals surface area contributed by atoms with Crippen LogP contribution in [0, 0.1) is 6.92 Å². The molecule has 0 bridgehead atoms. The van der Waals surface area contributed by atoms with Gasteiger partial charge in [0.1, 0.15) is 5.75 Å². The zero-order chi connectivity index (χ0) is 23.1. The summed E-state index contributed by atoms with van der Waals surface area (Å²) in [5.41, 5.74) is 2.15. The Balaban J connectivity index is 1.57. The third-order valence-electron chi connectivity index (χ3n) is 4.55. The molecule has 0 saturated carbocycles. The van der Waals surface area contributed by atoms with Crippen LogP contribution in [0.2, 0.25) is 0 Å². The van der Waals surface area contributed by atoms with Crippen molar-refractivity contribution in [3.63, 3.8) is 0 Å². The van der Waals surface area contributed by atoms with Gasteiger partial charge in [-0.05, 0) is 81.4 Å². The number of hydrogen-bond acceptors (Lipinski definition) is 5. The molecule has 0 saturated heterocycles. The van der Waals surface area contributed by atoms with E-state index >= 15 is 0 Å². The van der Waals surface area contributed by atoms with Crippen LogP contribution in [0.3, 0.4) is 0 Å². The molecule has 8 heteroatoms. The van der Waals surface area contributed by atoms with Crippen LogP contribution >= 0.6 is 11.8 Å². The molecule has 1 amide bonds. The summed E-state index contributed by atoms with van der Waals surface area (Å²) in [7, 11) is -3.65. The van der Waals surface area contributed by atoms with Gasteiger partial charge in [-0.25, -0.2) is 8.42 Å². The smallest absolute Gasteiger partial charge is 0.261 e. The molecule has 6 nitrogen and oxygen atoms in total. The molecule has 0 aromatic heterocycles. The second kappa shape index (κ2) is 10.6. The second-order valence-electron chi connectivity index (χ2n) is 7.15. The highest BCUT2D eigenvalue weighted by atomic mass is 32.2. The second-order valence-corrected chi connectivity index (χ2v) is 10.2. The molecule has 0 spiro atoms. The normalized spacial score (nSPS) is 12.1. The van der Waals surface area contributed by atoms with E-state index in [0.29, 0.717) is 18.0 Å². The lowest BCUT2D eigenvalue weighted by Gasteiger charge is -2.13. The van der Waals surface area contributed by atoms with Gasteiger partial charge in [-0.3, -0.25) is 9.52 Å². The fraction of sp³-hybridized carbons (Fsp3) is 0.208. The molecule has 0 aliphatic rings. The van der Waals surface area contributed by atoms with E-state index in [0.717, 1.165) is 16.2 Å². The molecule has 3 aromatic rings. The van der Waals surface area contributed by atoms with Crippen molar-refractivity contribution in [3.8, 4) is 5.75 Å². The molecule has 0 radical (unpaired) electrons. The van der Waals surface area contributed by atoms with Crippen molar-refractivity contribution >= 4 is 39.1 Å². The molecule has 1 unspecified atom stereocenters. The first-order valence-electron chi connectivity index (χ1n) is 10.2. The predicted octanol–water partition coefficient (Wildman–Crippen LogP) is 5.31. The number of thioether (sulfide) groups is 1. The van der Waals surface area contributed by atoms with Crippen LogP contribution < -0.4 is 14.8 Å². The maximum atomic E-state index is 12.5. The van der Waals surface area contributed by atoms with Crippen molar-refractivity contribution in [2.24, 2.45) is 0 Å². The Morgan fingerprint density at radius 3 is 2.12 bits per heavy atom. The number of amides is 1. The molecular formula is C24H26N2O4S2. The molecule has 0 aliphatic heterocycles. The van der Waals surface area contributed by atoms with E-state index in [-0.39, 0.29) is 16.1 Å². The number of anilines is 2. The number of nitrogens with one attached hydrogen (secondary N) is 2. The Morgan fingerprint density at radius 2 is 1.53 bits per heavy atom. The number of ether oxygens (including phenoxy) is 1. The van der Waals surface area contributed by atoms with Crippen molar-refractivity contribution in [2.75, 3.05) is 16.6 Å². The lowest BCUT2D eigenvalue weighted by molar-refractivity contribution is -0.115. The molecule has 3 rings (SSSR count). The van der Waals surface area contributed by atoms with E-state index in [2.05, 4.69) is 10.0 Å². The number of hydrogen-bond donors (Lipinski definition) is 2. The van der Waals surface area contributed by atoms with E-state index in [9.17, 15) is 13.2 Å². The zero-order valence-corrected chi connectivity index (χ0v) is 19.8. The summed E-state index contributed by atoms with van der Waals surface area (Å²) in [4.78, 5) is 13.6. The standard InChI is InChI=1S/C24H26N2O4S2/c1-4-30-21-11-7-19(8-12-21)25-24(27)18(3)31-22-13-9-20(10-14-22)26-32(28,29)23-15-5-17(2)6-16-23/h5-16,18,26H,4H2,1-3H3,(H,25,27). The fourth-order valence-electron chi connectivity index (χ4n) is 2.84. The lowest BCUT2D eigenvalue weighted by atomic mass is 10.2. The quantitative estimate of drug-likeness (QED) is 0.414. The number of aryl methyl sites for hydroxylation is 1. The van der Waals surface area contributed by atoms with Crippen LogP contribution in [0.15, 0.2) is 82.6 Å². The molecular weight excluding hydrogens is 444 g/mol. The van der Waals surface area contributed by atoms with Gasteiger partial charge in [0.15, 0.2) is 0 Å². The summed E-state index contributed by atoms with van der Waals surface area (Å²) >= 11 is 1.39. The maximum Gasteiger partial charge on any atom is 0.261 e. The molecule has 0 aliphatic carbocycles. The average molecular weight is 471 g/mol. The molecule has 0 heterocycles. The van der Waals surface area contributed by atoms with Gasteiger partial charge in [-0.2, -0.15) is 0 Å². The molecule has 3 aromatic carbocycles. The minimum Gasteiger partial charge on any atom is -0.494 e. The summed E-state index contributed by atoms with van der Waals surface area (Å²) in [5, 5.41) is 2.55. The lowest BCUT2D eigenvalue weighted by Crippen LogP contribution is -2.22. The van der Waals surface area contributed by atoms with Crippen LogP contribution in [-0.2, 0) is 14.8 Å². The summed E-state index contributed by atoms with van der Waals surface area (Å²) < 4.78 is 33.0. The Kier molecular flexibility index (Phi) is 7.82. The van der Waals surface area contributed by atoms with Crippen LogP contribution in [0.25, 0.3) is 0 Å². The first-order chi connectivity index (χ1) is 15.3. The van der Waals surface area contributed by atoms with Gasteiger partial charge in [0.05, 0.1) is 16.8 Å². The fourth-order valence-corrected chi connectivity index (χ4v) is 4.76. The van der Waals surface area contributed by atoms with E-state index < -0.39 is 10.0 Å². The highest BCUT2D eigenvalue weighted by Gasteiger charge is 2.16. The van der Waals surface area contributed by atoms with Crippen molar-refractivity contribution in [1.82, 2.24) is 0 Å². The largest absolute Gasteiger partial charge is 0.494 e. The van der Waals surface area contributed by atoms with Gasteiger partial charge in [-0.15, -0.1) is 11.8 Å². The summed E-state index contributed by atoms with van der Waals surface area (Å²) in [5.74, 6) is 0.634. The first-order valence-corrected chi connectivity index (χ1v) is 12.5. The van der Waals surface area contributed by atoms with Crippen molar-refractivity contribution in [1.29, 1.82) is 0 Å². The highest BCUT2D eigenvalue weighted by Crippen LogP contribution is 2.27. The Bertz CT molecular complexity index is 1140. The third kappa shape index (κ3) is 6.51. The van der Waals surface area contributed by atoms with Crippen molar-refractivity contribution < 1.29 is 17.9 Å². The van der Waals surface area contributed by atoms with E-state index in [1.807, 2.05) is 32.9 Å². The summed E-state index contributed by atoms with van der Waals surface area (Å²) in [6, 6.07) is 20.8. The SMILES string of the molecule is CCOc1ccc(NC(=O)C(C)Sc2ccc(NS(=O)(=O)c3ccc(C)cc3)cc2)cc1. The van der Waals surface area contributed by atoms with Crippen molar-refractivity contribution in [3.05, 3.63) is 78.4 Å². The summed E-state index contributed by atoms with van der Waals surface area (Å²) in [6.45, 7) is 6.23. The van der Waals surface area contributed by atoms with E-state index in [1.165, 1.54) is 11.8 Å². The van der Waals surface area contributed by atoms with Crippen LogP contribution in [0.4, 0.5) is 11.4 Å². The molecule has 2 N–H and O–H groups in total. The Morgan fingerprint density at radius 1 is 0.938 bits per heavy atom. The van der Waals surface area contributed by atoms with Crippen LogP contribution in [0.5, 0.6) is 5.75 Å². The molecule has 1 atom stereocenters. The van der Waals surface area contributed by atoms with Gasteiger partial charge in [0, 0.05) is 16.3 Å². The number of sulfonamides is 1. The topological polar surface area (TPSA) is 84.5 Å². The Labute approximate surface area is 193 Å². The Hall–Kier alpha value is -2.97. The van der Waals surface area contributed by atoms with Crippen molar-refractivity contribution in [2.45, 2.75) is 35.8 Å². The van der Waals surface area contributed by atoms with Crippen LogP contribution in [0.1, 0.15) is 19.4 Å². The monoisotopic (exact) mass is 470 g/mol. The number of carbonyl (C=O) groups is 1. The third-order valence-corrected chi connectivity index (χ3v) is 7.06.